The number of halogens is 1. The van der Waals surface area contributed by atoms with Gasteiger partial charge in [0.05, 0.1) is 7.11 Å². The Hall–Kier alpha value is -1.56. The number of esters is 1. The molecule has 3 rings (SSSR count). The first-order valence-electron chi connectivity index (χ1n) is 6.92. The van der Waals surface area contributed by atoms with Gasteiger partial charge in [-0.25, -0.2) is 4.79 Å². The van der Waals surface area contributed by atoms with Gasteiger partial charge in [-0.3, -0.25) is 4.90 Å². The van der Waals surface area contributed by atoms with Gasteiger partial charge in [0.1, 0.15) is 6.04 Å². The highest BCUT2D eigenvalue weighted by molar-refractivity contribution is 7.10. The molecule has 1 aliphatic rings. The van der Waals surface area contributed by atoms with E-state index in [0.717, 1.165) is 25.1 Å². The molecule has 6 heteroatoms. The average molecular weight is 339 g/mol. The number of hydrogen-bond acceptors (Lipinski definition) is 5. The van der Waals surface area contributed by atoms with E-state index in [0.29, 0.717) is 5.69 Å². The molecular weight excluding hydrogens is 320 g/mol. The molecule has 118 valence electrons. The number of rotatable bonds is 3. The third kappa shape index (κ3) is 3.11. The van der Waals surface area contributed by atoms with Crippen LogP contribution in [-0.2, 0) is 22.5 Å². The Bertz CT molecular complexity index is 659. The number of fused-ring (bicyclic) bond motifs is 1. The number of nitrogens with zero attached hydrogens (tertiary/aromatic N) is 1. The van der Waals surface area contributed by atoms with Crippen molar-refractivity contribution in [1.29, 1.82) is 0 Å². The second-order valence-corrected chi connectivity index (χ2v) is 6.14. The van der Waals surface area contributed by atoms with Crippen molar-refractivity contribution in [1.82, 2.24) is 4.90 Å². The van der Waals surface area contributed by atoms with E-state index in [1.807, 2.05) is 24.3 Å². The fourth-order valence-electron chi connectivity index (χ4n) is 2.82. The van der Waals surface area contributed by atoms with Crippen LogP contribution in [0.2, 0.25) is 0 Å². The van der Waals surface area contributed by atoms with Crippen molar-refractivity contribution >= 4 is 35.4 Å². The van der Waals surface area contributed by atoms with E-state index in [1.54, 1.807) is 11.3 Å². The number of anilines is 1. The van der Waals surface area contributed by atoms with Gasteiger partial charge in [0, 0.05) is 29.2 Å². The number of benzene rings is 1. The minimum atomic E-state index is -0.438. The van der Waals surface area contributed by atoms with E-state index >= 15 is 0 Å². The molecule has 1 aromatic heterocycles. The minimum Gasteiger partial charge on any atom is -0.468 e. The molecule has 0 bridgehead atoms. The van der Waals surface area contributed by atoms with E-state index in [9.17, 15) is 4.79 Å². The summed E-state index contributed by atoms with van der Waals surface area (Å²) in [6.07, 6.45) is 0.957. The molecule has 2 aromatic rings. The zero-order valence-corrected chi connectivity index (χ0v) is 14.0. The fourth-order valence-corrected chi connectivity index (χ4v) is 3.78. The summed E-state index contributed by atoms with van der Waals surface area (Å²) >= 11 is 1.74. The Morgan fingerprint density at radius 3 is 2.86 bits per heavy atom. The molecule has 2 N–H and O–H groups in total. The molecule has 0 saturated carbocycles. The monoisotopic (exact) mass is 338 g/mol. The summed E-state index contributed by atoms with van der Waals surface area (Å²) in [5.41, 5.74) is 8.91. The maximum atomic E-state index is 12.3. The molecule has 0 radical (unpaired) electrons. The van der Waals surface area contributed by atoms with Gasteiger partial charge in [-0.15, -0.1) is 23.7 Å². The number of nitrogen functional groups attached to an aromatic ring is 1. The minimum absolute atomic E-state index is 0. The number of ether oxygens (including phenoxy) is 1. The molecule has 1 aliphatic heterocycles. The Balaban J connectivity index is 0.00000176. The number of hydrogen-bond donors (Lipinski definition) is 1. The maximum Gasteiger partial charge on any atom is 0.327 e. The first-order chi connectivity index (χ1) is 10.2. The van der Waals surface area contributed by atoms with Crippen LogP contribution in [0.15, 0.2) is 35.7 Å². The Kier molecular flexibility index (Phi) is 5.45. The smallest absolute Gasteiger partial charge is 0.327 e. The van der Waals surface area contributed by atoms with Gasteiger partial charge < -0.3 is 10.5 Å². The third-order valence-electron chi connectivity index (χ3n) is 3.93. The number of para-hydroxylation sites is 1. The van der Waals surface area contributed by atoms with Crippen molar-refractivity contribution in [3.05, 3.63) is 51.7 Å². The lowest BCUT2D eigenvalue weighted by Crippen LogP contribution is -2.38. The summed E-state index contributed by atoms with van der Waals surface area (Å²) in [5, 5.41) is 2.11. The lowest BCUT2D eigenvalue weighted by molar-refractivity contribution is -0.147. The van der Waals surface area contributed by atoms with Crippen molar-refractivity contribution in [2.45, 2.75) is 19.0 Å². The summed E-state index contributed by atoms with van der Waals surface area (Å²) in [7, 11) is 1.43. The van der Waals surface area contributed by atoms with Crippen molar-refractivity contribution in [2.24, 2.45) is 0 Å². The first-order valence-corrected chi connectivity index (χ1v) is 7.80. The Labute approximate surface area is 140 Å². The van der Waals surface area contributed by atoms with Gasteiger partial charge in [0.2, 0.25) is 0 Å². The number of thiophene rings is 1. The molecule has 1 unspecified atom stereocenters. The van der Waals surface area contributed by atoms with Gasteiger partial charge in [0.25, 0.3) is 0 Å². The van der Waals surface area contributed by atoms with Gasteiger partial charge in [-0.2, -0.15) is 0 Å². The fraction of sp³-hybridized carbons (Fsp3) is 0.312. The van der Waals surface area contributed by atoms with Crippen LogP contribution >= 0.6 is 23.7 Å². The SMILES string of the molecule is COC(=O)C(c1ccccc1N)N1CCc2ccsc2C1.Cl. The molecule has 0 saturated heterocycles. The second-order valence-electron chi connectivity index (χ2n) is 5.14. The van der Waals surface area contributed by atoms with E-state index in [4.69, 9.17) is 10.5 Å². The predicted molar refractivity (Wildman–Crippen MR) is 91.3 cm³/mol. The van der Waals surface area contributed by atoms with Crippen molar-refractivity contribution < 1.29 is 9.53 Å². The second kappa shape index (κ2) is 7.13. The van der Waals surface area contributed by atoms with Crippen molar-refractivity contribution in [3.8, 4) is 0 Å². The Morgan fingerprint density at radius 2 is 2.14 bits per heavy atom. The maximum absolute atomic E-state index is 12.3. The number of carbonyl (C=O) groups excluding carboxylic acids is 1. The summed E-state index contributed by atoms with van der Waals surface area (Å²) in [5.74, 6) is -0.257. The zero-order valence-electron chi connectivity index (χ0n) is 12.3. The van der Waals surface area contributed by atoms with Gasteiger partial charge in [-0.1, -0.05) is 18.2 Å². The molecule has 22 heavy (non-hydrogen) atoms. The molecule has 0 fully saturated rings. The van der Waals surface area contributed by atoms with Crippen LogP contribution in [0, 0.1) is 0 Å². The van der Waals surface area contributed by atoms with Gasteiger partial charge in [0.15, 0.2) is 0 Å². The predicted octanol–water partition coefficient (Wildman–Crippen LogP) is 3.02. The molecule has 2 heterocycles. The first kappa shape index (κ1) is 16.8. The van der Waals surface area contributed by atoms with Gasteiger partial charge >= 0.3 is 5.97 Å². The van der Waals surface area contributed by atoms with Crippen LogP contribution in [0.25, 0.3) is 0 Å². The molecule has 1 atom stereocenters. The average Bonchev–Trinajstić information content (AvgIpc) is 2.97. The zero-order chi connectivity index (χ0) is 14.8. The highest BCUT2D eigenvalue weighted by Crippen LogP contribution is 2.33. The largest absolute Gasteiger partial charge is 0.468 e. The van der Waals surface area contributed by atoms with E-state index in [1.165, 1.54) is 17.6 Å². The van der Waals surface area contributed by atoms with E-state index in [2.05, 4.69) is 16.3 Å². The van der Waals surface area contributed by atoms with Crippen LogP contribution in [0.5, 0.6) is 0 Å². The number of carbonyl (C=O) groups is 1. The summed E-state index contributed by atoms with van der Waals surface area (Å²) < 4.78 is 5.01. The Morgan fingerprint density at radius 1 is 1.36 bits per heavy atom. The van der Waals surface area contributed by atoms with Crippen LogP contribution < -0.4 is 5.73 Å². The summed E-state index contributed by atoms with van der Waals surface area (Å²) in [6, 6.07) is 9.24. The van der Waals surface area contributed by atoms with Crippen molar-refractivity contribution in [3.63, 3.8) is 0 Å². The molecule has 0 aliphatic carbocycles. The topological polar surface area (TPSA) is 55.6 Å². The number of methoxy groups -OCH3 is 1. The third-order valence-corrected chi connectivity index (χ3v) is 4.88. The molecule has 1 aromatic carbocycles. The van der Waals surface area contributed by atoms with E-state index in [-0.39, 0.29) is 18.4 Å². The molecular formula is C16H19ClN2O2S. The lowest BCUT2D eigenvalue weighted by Gasteiger charge is -2.33. The normalized spacial score (nSPS) is 15.5. The molecule has 4 nitrogen and oxygen atoms in total. The van der Waals surface area contributed by atoms with Crippen LogP contribution in [0.4, 0.5) is 5.69 Å². The standard InChI is InChI=1S/C16H18N2O2S.ClH/c1-20-16(19)15(12-4-2-3-5-13(12)17)18-8-6-11-7-9-21-14(11)10-18;/h2-5,7,9,15H,6,8,10,17H2,1H3;1H. The highest BCUT2D eigenvalue weighted by Gasteiger charge is 2.32. The molecule has 0 amide bonds. The van der Waals surface area contributed by atoms with Crippen LogP contribution in [-0.4, -0.2) is 24.5 Å². The summed E-state index contributed by atoms with van der Waals surface area (Å²) in [4.78, 5) is 15.8. The quantitative estimate of drug-likeness (QED) is 0.690. The summed E-state index contributed by atoms with van der Waals surface area (Å²) in [6.45, 7) is 1.60. The van der Waals surface area contributed by atoms with E-state index < -0.39 is 6.04 Å². The number of nitrogens with two attached hydrogens (primary N) is 1. The lowest BCUT2D eigenvalue weighted by atomic mass is 10.00. The van der Waals surface area contributed by atoms with Crippen molar-refractivity contribution in [2.75, 3.05) is 19.4 Å². The van der Waals surface area contributed by atoms with Gasteiger partial charge in [-0.05, 0) is 29.5 Å². The van der Waals surface area contributed by atoms with Crippen LogP contribution in [0.3, 0.4) is 0 Å². The highest BCUT2D eigenvalue weighted by atomic mass is 35.5. The van der Waals surface area contributed by atoms with Crippen LogP contribution in [0.1, 0.15) is 22.0 Å². The molecule has 0 spiro atoms.